The van der Waals surface area contributed by atoms with Crippen LogP contribution in [0.3, 0.4) is 0 Å². The van der Waals surface area contributed by atoms with Crippen molar-refractivity contribution in [1.82, 2.24) is 4.90 Å². The van der Waals surface area contributed by atoms with Gasteiger partial charge >= 0.3 is 5.97 Å². The molecule has 8 heteroatoms. The Morgan fingerprint density at radius 3 is 2.61 bits per heavy atom. The predicted octanol–water partition coefficient (Wildman–Crippen LogP) is 3.88. The smallest absolute Gasteiger partial charge is 0.357 e. The third kappa shape index (κ3) is 5.78. The topological polar surface area (TPSA) is 74.2 Å². The number of morpholine rings is 1. The SMILES string of the molecule is O=C(O)/C(=N\Nc1ccc(CCN2CCOCC2)cc1)c1cc(Cl)ccc1Br. The average molecular weight is 467 g/mol. The summed E-state index contributed by atoms with van der Waals surface area (Å²) in [6.07, 6.45) is 0.958. The van der Waals surface area contributed by atoms with E-state index in [1.54, 1.807) is 18.2 Å². The highest BCUT2D eigenvalue weighted by Crippen LogP contribution is 2.22. The molecule has 148 valence electrons. The first-order valence-corrected chi connectivity index (χ1v) is 10.1. The monoisotopic (exact) mass is 465 g/mol. The van der Waals surface area contributed by atoms with E-state index in [4.69, 9.17) is 16.3 Å². The highest BCUT2D eigenvalue weighted by atomic mass is 79.9. The molecule has 6 nitrogen and oxygen atoms in total. The molecule has 0 aromatic heterocycles. The summed E-state index contributed by atoms with van der Waals surface area (Å²) >= 11 is 9.33. The molecule has 3 rings (SSSR count). The van der Waals surface area contributed by atoms with Crippen LogP contribution in [0, 0.1) is 0 Å². The van der Waals surface area contributed by atoms with Crippen LogP contribution in [-0.2, 0) is 16.0 Å². The zero-order chi connectivity index (χ0) is 19.9. The summed E-state index contributed by atoms with van der Waals surface area (Å²) in [7, 11) is 0. The number of hydrogen-bond acceptors (Lipinski definition) is 5. The molecule has 1 fully saturated rings. The van der Waals surface area contributed by atoms with Crippen molar-refractivity contribution in [2.75, 3.05) is 38.3 Å². The van der Waals surface area contributed by atoms with Crippen molar-refractivity contribution >= 4 is 44.9 Å². The van der Waals surface area contributed by atoms with Gasteiger partial charge in [-0.1, -0.05) is 39.7 Å². The van der Waals surface area contributed by atoms with E-state index in [2.05, 4.69) is 31.4 Å². The molecule has 0 aliphatic carbocycles. The number of nitrogens with one attached hydrogen (secondary N) is 1. The maximum atomic E-state index is 11.6. The van der Waals surface area contributed by atoms with Gasteiger partial charge in [-0.2, -0.15) is 5.10 Å². The fourth-order valence-electron chi connectivity index (χ4n) is 2.88. The van der Waals surface area contributed by atoms with Gasteiger partial charge in [-0.05, 0) is 42.3 Å². The first-order chi connectivity index (χ1) is 13.5. The number of carboxylic acid groups (broad SMARTS) is 1. The highest BCUT2D eigenvalue weighted by Gasteiger charge is 2.16. The van der Waals surface area contributed by atoms with Crippen LogP contribution in [0.1, 0.15) is 11.1 Å². The molecule has 1 aliphatic rings. The van der Waals surface area contributed by atoms with E-state index in [1.807, 2.05) is 24.3 Å². The third-order valence-corrected chi connectivity index (χ3v) is 5.38. The van der Waals surface area contributed by atoms with Crippen molar-refractivity contribution in [2.45, 2.75) is 6.42 Å². The third-order valence-electron chi connectivity index (χ3n) is 4.46. The number of aliphatic carboxylic acids is 1. The second kappa shape index (κ2) is 10.0. The van der Waals surface area contributed by atoms with E-state index in [1.165, 1.54) is 5.56 Å². The minimum Gasteiger partial charge on any atom is -0.476 e. The Bertz CT molecular complexity index is 852. The van der Waals surface area contributed by atoms with E-state index in [0.29, 0.717) is 20.7 Å². The molecule has 2 aromatic carbocycles. The first kappa shape index (κ1) is 20.8. The number of benzene rings is 2. The van der Waals surface area contributed by atoms with Crippen LogP contribution >= 0.6 is 27.5 Å². The molecular formula is C20H21BrClN3O3. The van der Waals surface area contributed by atoms with Gasteiger partial charge in [0, 0.05) is 34.7 Å². The Hall–Kier alpha value is -1.93. The fourth-order valence-corrected chi connectivity index (χ4v) is 3.49. The number of nitrogens with zero attached hydrogens (tertiary/aromatic N) is 2. The van der Waals surface area contributed by atoms with Gasteiger partial charge < -0.3 is 9.84 Å². The lowest BCUT2D eigenvalue weighted by atomic mass is 10.1. The number of halogens is 2. The van der Waals surface area contributed by atoms with Crippen LogP contribution in [0.5, 0.6) is 0 Å². The Morgan fingerprint density at radius 2 is 1.93 bits per heavy atom. The van der Waals surface area contributed by atoms with E-state index < -0.39 is 5.97 Å². The normalized spacial score (nSPS) is 15.4. The Labute approximate surface area is 177 Å². The van der Waals surface area contributed by atoms with Gasteiger partial charge in [-0.3, -0.25) is 10.3 Å². The van der Waals surface area contributed by atoms with Crippen LogP contribution in [0.15, 0.2) is 52.0 Å². The molecule has 2 aromatic rings. The average Bonchev–Trinajstić information content (AvgIpc) is 2.70. The minimum atomic E-state index is -1.14. The predicted molar refractivity (Wildman–Crippen MR) is 114 cm³/mol. The lowest BCUT2D eigenvalue weighted by Crippen LogP contribution is -2.37. The zero-order valence-electron chi connectivity index (χ0n) is 15.2. The van der Waals surface area contributed by atoms with Crippen LogP contribution < -0.4 is 5.43 Å². The molecule has 0 atom stereocenters. The quantitative estimate of drug-likeness (QED) is 0.478. The summed E-state index contributed by atoms with van der Waals surface area (Å²) in [6, 6.07) is 12.8. The second-order valence-electron chi connectivity index (χ2n) is 6.40. The van der Waals surface area contributed by atoms with Gasteiger partial charge in [-0.15, -0.1) is 0 Å². The van der Waals surface area contributed by atoms with Crippen LogP contribution in [0.2, 0.25) is 5.02 Å². The maximum absolute atomic E-state index is 11.6. The van der Waals surface area contributed by atoms with E-state index in [9.17, 15) is 9.90 Å². The number of rotatable bonds is 7. The summed E-state index contributed by atoms with van der Waals surface area (Å²) in [5, 5.41) is 14.0. The van der Waals surface area contributed by atoms with E-state index in [-0.39, 0.29) is 5.71 Å². The van der Waals surface area contributed by atoms with Gasteiger partial charge in [0.2, 0.25) is 0 Å². The largest absolute Gasteiger partial charge is 0.476 e. The lowest BCUT2D eigenvalue weighted by molar-refractivity contribution is -0.129. The molecule has 0 saturated carbocycles. The Balaban J connectivity index is 1.64. The van der Waals surface area contributed by atoms with Crippen molar-refractivity contribution in [1.29, 1.82) is 0 Å². The number of hydrazone groups is 1. The minimum absolute atomic E-state index is 0.120. The van der Waals surface area contributed by atoms with Crippen LogP contribution in [0.25, 0.3) is 0 Å². The molecule has 1 heterocycles. The first-order valence-electron chi connectivity index (χ1n) is 8.94. The number of carboxylic acids is 1. The summed E-state index contributed by atoms with van der Waals surface area (Å²) in [6.45, 7) is 4.56. The summed E-state index contributed by atoms with van der Waals surface area (Å²) in [5.41, 5.74) is 5.05. The van der Waals surface area contributed by atoms with Gasteiger partial charge in [0.25, 0.3) is 0 Å². The summed E-state index contributed by atoms with van der Waals surface area (Å²) in [4.78, 5) is 14.0. The number of anilines is 1. The van der Waals surface area contributed by atoms with Crippen molar-refractivity contribution < 1.29 is 14.6 Å². The van der Waals surface area contributed by atoms with Crippen molar-refractivity contribution in [3.8, 4) is 0 Å². The molecule has 0 bridgehead atoms. The molecule has 0 amide bonds. The highest BCUT2D eigenvalue weighted by molar-refractivity contribution is 9.10. The molecular weight excluding hydrogens is 446 g/mol. The Kier molecular flexibility index (Phi) is 7.44. The molecule has 28 heavy (non-hydrogen) atoms. The zero-order valence-corrected chi connectivity index (χ0v) is 17.5. The van der Waals surface area contributed by atoms with Gasteiger partial charge in [-0.25, -0.2) is 4.79 Å². The van der Waals surface area contributed by atoms with Gasteiger partial charge in [0.05, 0.1) is 18.9 Å². The summed E-state index contributed by atoms with van der Waals surface area (Å²) < 4.78 is 5.97. The van der Waals surface area contributed by atoms with E-state index in [0.717, 1.165) is 39.3 Å². The second-order valence-corrected chi connectivity index (χ2v) is 7.69. The molecule has 0 spiro atoms. The number of hydrogen-bond donors (Lipinski definition) is 2. The molecule has 0 unspecified atom stereocenters. The van der Waals surface area contributed by atoms with Crippen molar-refractivity contribution in [3.63, 3.8) is 0 Å². The van der Waals surface area contributed by atoms with Crippen LogP contribution in [0.4, 0.5) is 5.69 Å². The lowest BCUT2D eigenvalue weighted by Gasteiger charge is -2.26. The number of carbonyl (C=O) groups is 1. The van der Waals surface area contributed by atoms with Gasteiger partial charge in [0.15, 0.2) is 5.71 Å². The number of ether oxygens (including phenoxy) is 1. The fraction of sp³-hybridized carbons (Fsp3) is 0.300. The molecule has 2 N–H and O–H groups in total. The summed E-state index contributed by atoms with van der Waals surface area (Å²) in [5.74, 6) is -1.14. The van der Waals surface area contributed by atoms with Crippen LogP contribution in [-0.4, -0.2) is 54.5 Å². The van der Waals surface area contributed by atoms with Crippen molar-refractivity contribution in [2.24, 2.45) is 5.10 Å². The van der Waals surface area contributed by atoms with Gasteiger partial charge in [0.1, 0.15) is 0 Å². The van der Waals surface area contributed by atoms with E-state index >= 15 is 0 Å². The molecule has 1 saturated heterocycles. The Morgan fingerprint density at radius 1 is 1.21 bits per heavy atom. The maximum Gasteiger partial charge on any atom is 0.357 e. The molecule has 1 aliphatic heterocycles. The van der Waals surface area contributed by atoms with Crippen molar-refractivity contribution in [3.05, 3.63) is 63.1 Å². The standard InChI is InChI=1S/C20H21BrClN3O3/c21-18-6-3-15(22)13-17(18)19(20(26)27)24-23-16-4-1-14(2-5-16)7-8-25-9-11-28-12-10-25/h1-6,13,23H,7-12H2,(H,26,27)/b24-19-. The molecule has 0 radical (unpaired) electrons.